The van der Waals surface area contributed by atoms with Gasteiger partial charge in [0.15, 0.2) is 23.8 Å². The van der Waals surface area contributed by atoms with E-state index in [0.717, 1.165) is 44.6 Å². The summed E-state index contributed by atoms with van der Waals surface area (Å²) < 4.78 is 16.5. The number of Topliss-reactive ketones (excluding diaryl/α,β-unsaturated/α-hetero) is 2. The number of hydrogen-bond donors (Lipinski definition) is 0. The van der Waals surface area contributed by atoms with Crippen LogP contribution in [0.15, 0.2) is 12.7 Å². The zero-order valence-electron chi connectivity index (χ0n) is 14.5. The maximum atomic E-state index is 12.9. The van der Waals surface area contributed by atoms with Crippen molar-refractivity contribution in [1.29, 1.82) is 0 Å². The lowest BCUT2D eigenvalue weighted by molar-refractivity contribution is -0.172. The van der Waals surface area contributed by atoms with Crippen molar-refractivity contribution >= 4 is 17.5 Å². The smallest absolute Gasteiger partial charge is 0.330 e. The summed E-state index contributed by atoms with van der Waals surface area (Å²) in [6.45, 7) is 3.28. The molecule has 0 amide bonds. The first-order valence-electron chi connectivity index (χ1n) is 9.23. The number of ether oxygens (including phenoxy) is 3. The van der Waals surface area contributed by atoms with E-state index in [1.165, 1.54) is 6.42 Å². The van der Waals surface area contributed by atoms with Crippen LogP contribution in [-0.2, 0) is 28.6 Å². The minimum atomic E-state index is -1.19. The first kappa shape index (κ1) is 18.3. The number of rotatable bonds is 6. The molecule has 0 aromatic rings. The molecular weight excluding hydrogens is 324 g/mol. The molecule has 3 saturated carbocycles. The number of esters is 1. The monoisotopic (exact) mass is 350 g/mol. The number of ketones is 2. The van der Waals surface area contributed by atoms with Crippen molar-refractivity contribution in [3.8, 4) is 0 Å². The molecule has 0 saturated heterocycles. The standard InChI is InChI=1S/C19H26O6/c1-2-14(20)25-16-15(24-12-23-13-8-4-3-5-9-13)17(21)19(18(16)22)10-6-7-11-19/h2,13,15-16H,1,3-12H2. The van der Waals surface area contributed by atoms with Gasteiger partial charge in [-0.15, -0.1) is 0 Å². The van der Waals surface area contributed by atoms with Gasteiger partial charge in [-0.2, -0.15) is 0 Å². The van der Waals surface area contributed by atoms with Gasteiger partial charge >= 0.3 is 5.97 Å². The summed E-state index contributed by atoms with van der Waals surface area (Å²) >= 11 is 0. The van der Waals surface area contributed by atoms with Gasteiger partial charge in [0.1, 0.15) is 6.79 Å². The van der Waals surface area contributed by atoms with E-state index in [2.05, 4.69) is 6.58 Å². The molecule has 6 heteroatoms. The van der Waals surface area contributed by atoms with Gasteiger partial charge in [-0.1, -0.05) is 38.7 Å². The average Bonchev–Trinajstić information content (AvgIpc) is 3.20. The zero-order valence-corrected chi connectivity index (χ0v) is 14.5. The first-order chi connectivity index (χ1) is 12.1. The number of carbonyl (C=O) groups excluding carboxylic acids is 3. The third-order valence-corrected chi connectivity index (χ3v) is 5.71. The van der Waals surface area contributed by atoms with Crippen LogP contribution in [0, 0.1) is 5.41 Å². The summed E-state index contributed by atoms with van der Waals surface area (Å²) in [7, 11) is 0. The Morgan fingerprint density at radius 1 is 1.00 bits per heavy atom. The first-order valence-corrected chi connectivity index (χ1v) is 9.23. The molecule has 2 unspecified atom stereocenters. The van der Waals surface area contributed by atoms with Crippen LogP contribution in [0.25, 0.3) is 0 Å². The second kappa shape index (κ2) is 7.79. The molecule has 0 aromatic heterocycles. The summed E-state index contributed by atoms with van der Waals surface area (Å²) in [4.78, 5) is 37.3. The molecule has 138 valence electrons. The summed E-state index contributed by atoms with van der Waals surface area (Å²) in [6.07, 6.45) is 7.00. The normalized spacial score (nSPS) is 29.3. The van der Waals surface area contributed by atoms with Gasteiger partial charge in [0.2, 0.25) is 0 Å². The van der Waals surface area contributed by atoms with Crippen LogP contribution < -0.4 is 0 Å². The van der Waals surface area contributed by atoms with Crippen molar-refractivity contribution in [2.24, 2.45) is 5.41 Å². The van der Waals surface area contributed by atoms with Gasteiger partial charge in [-0.25, -0.2) is 4.79 Å². The van der Waals surface area contributed by atoms with Gasteiger partial charge in [0.25, 0.3) is 0 Å². The van der Waals surface area contributed by atoms with Crippen LogP contribution in [0.4, 0.5) is 0 Å². The Kier molecular flexibility index (Phi) is 5.69. The maximum Gasteiger partial charge on any atom is 0.330 e. The zero-order chi connectivity index (χ0) is 17.9. The fourth-order valence-corrected chi connectivity index (χ4v) is 4.30. The molecule has 3 rings (SSSR count). The fourth-order valence-electron chi connectivity index (χ4n) is 4.30. The topological polar surface area (TPSA) is 78.9 Å². The average molecular weight is 350 g/mol. The Labute approximate surface area is 147 Å². The van der Waals surface area contributed by atoms with Gasteiger partial charge in [0, 0.05) is 6.08 Å². The van der Waals surface area contributed by atoms with Crippen LogP contribution in [0.5, 0.6) is 0 Å². The molecule has 0 N–H and O–H groups in total. The lowest BCUT2D eigenvalue weighted by Crippen LogP contribution is -2.36. The molecule has 0 aromatic carbocycles. The lowest BCUT2D eigenvalue weighted by Gasteiger charge is -2.23. The number of carbonyl (C=O) groups is 3. The second-order valence-electron chi connectivity index (χ2n) is 7.21. The fraction of sp³-hybridized carbons (Fsp3) is 0.737. The third kappa shape index (κ3) is 3.55. The molecule has 2 atom stereocenters. The van der Waals surface area contributed by atoms with Gasteiger partial charge in [0.05, 0.1) is 11.5 Å². The highest BCUT2D eigenvalue weighted by atomic mass is 16.7. The highest BCUT2D eigenvalue weighted by molar-refractivity contribution is 6.18. The molecule has 3 fully saturated rings. The van der Waals surface area contributed by atoms with Crippen molar-refractivity contribution in [3.05, 3.63) is 12.7 Å². The van der Waals surface area contributed by atoms with Gasteiger partial charge in [-0.3, -0.25) is 9.59 Å². The van der Waals surface area contributed by atoms with E-state index in [4.69, 9.17) is 14.2 Å². The van der Waals surface area contributed by atoms with Crippen molar-refractivity contribution < 1.29 is 28.6 Å². The molecular formula is C19H26O6. The summed E-state index contributed by atoms with van der Waals surface area (Å²) in [5.41, 5.74) is -1.04. The Morgan fingerprint density at radius 3 is 2.28 bits per heavy atom. The van der Waals surface area contributed by atoms with Crippen molar-refractivity contribution in [3.63, 3.8) is 0 Å². The molecule has 1 spiro atoms. The van der Waals surface area contributed by atoms with Gasteiger partial charge in [-0.05, 0) is 25.7 Å². The van der Waals surface area contributed by atoms with Crippen molar-refractivity contribution in [2.45, 2.75) is 76.1 Å². The molecule has 3 aliphatic rings. The quantitative estimate of drug-likeness (QED) is 0.317. The SMILES string of the molecule is C=CC(=O)OC1C(=O)C2(CCCC2)C(=O)C1OCOC1CCCCC1. The molecule has 6 nitrogen and oxygen atoms in total. The van der Waals surface area contributed by atoms with E-state index >= 15 is 0 Å². The van der Waals surface area contributed by atoms with E-state index in [1.54, 1.807) is 0 Å². The van der Waals surface area contributed by atoms with Crippen molar-refractivity contribution in [2.75, 3.05) is 6.79 Å². The van der Waals surface area contributed by atoms with E-state index in [-0.39, 0.29) is 24.5 Å². The van der Waals surface area contributed by atoms with Crippen LogP contribution in [-0.4, -0.2) is 42.6 Å². The van der Waals surface area contributed by atoms with Crippen LogP contribution in [0.1, 0.15) is 57.8 Å². The minimum absolute atomic E-state index is 0.0629. The van der Waals surface area contributed by atoms with Crippen LogP contribution in [0.3, 0.4) is 0 Å². The Bertz CT molecular complexity index is 542. The van der Waals surface area contributed by atoms with Crippen molar-refractivity contribution in [1.82, 2.24) is 0 Å². The minimum Gasteiger partial charge on any atom is -0.448 e. The lowest BCUT2D eigenvalue weighted by atomic mass is 9.82. The van der Waals surface area contributed by atoms with E-state index in [0.29, 0.717) is 12.8 Å². The predicted molar refractivity (Wildman–Crippen MR) is 88.7 cm³/mol. The van der Waals surface area contributed by atoms with Crippen LogP contribution in [0.2, 0.25) is 0 Å². The largest absolute Gasteiger partial charge is 0.448 e. The van der Waals surface area contributed by atoms with Crippen LogP contribution >= 0.6 is 0 Å². The molecule has 25 heavy (non-hydrogen) atoms. The maximum absolute atomic E-state index is 12.9. The van der Waals surface area contributed by atoms with E-state index in [1.807, 2.05) is 0 Å². The second-order valence-corrected chi connectivity index (χ2v) is 7.21. The molecule has 0 bridgehead atoms. The predicted octanol–water partition coefficient (Wildman–Crippen LogP) is 2.49. The third-order valence-electron chi connectivity index (χ3n) is 5.71. The Balaban J connectivity index is 1.67. The summed E-state index contributed by atoms with van der Waals surface area (Å²) in [6, 6.07) is 0. The summed E-state index contributed by atoms with van der Waals surface area (Å²) in [5.74, 6) is -1.31. The molecule has 0 aliphatic heterocycles. The molecule has 3 aliphatic carbocycles. The Hall–Kier alpha value is -1.53. The highest BCUT2D eigenvalue weighted by Crippen LogP contribution is 2.47. The van der Waals surface area contributed by atoms with E-state index in [9.17, 15) is 14.4 Å². The van der Waals surface area contributed by atoms with Gasteiger partial charge < -0.3 is 14.2 Å². The molecule has 0 radical (unpaired) electrons. The summed E-state index contributed by atoms with van der Waals surface area (Å²) in [5, 5.41) is 0. The Morgan fingerprint density at radius 2 is 1.64 bits per heavy atom. The molecule has 0 heterocycles. The van der Waals surface area contributed by atoms with E-state index < -0.39 is 23.6 Å². The highest BCUT2D eigenvalue weighted by Gasteiger charge is 2.63. The number of hydrogen-bond acceptors (Lipinski definition) is 6.